The highest BCUT2D eigenvalue weighted by Gasteiger charge is 2.04. The molecule has 0 spiro atoms. The van der Waals surface area contributed by atoms with Gasteiger partial charge in [0.15, 0.2) is 0 Å². The van der Waals surface area contributed by atoms with E-state index in [0.717, 1.165) is 35.8 Å². The molecule has 4 heteroatoms. The molecule has 0 fully saturated rings. The molecule has 1 heterocycles. The summed E-state index contributed by atoms with van der Waals surface area (Å²) in [6.07, 6.45) is 0.919. The third-order valence-corrected chi connectivity index (χ3v) is 4.47. The van der Waals surface area contributed by atoms with Crippen LogP contribution in [0.25, 0.3) is 0 Å². The zero-order valence-electron chi connectivity index (χ0n) is 11.9. The molecule has 0 bridgehead atoms. The van der Waals surface area contributed by atoms with E-state index in [1.165, 1.54) is 9.75 Å². The van der Waals surface area contributed by atoms with Crippen molar-refractivity contribution in [1.29, 1.82) is 0 Å². The molecule has 0 aliphatic carbocycles. The first-order valence-electron chi connectivity index (χ1n) is 6.92. The molecule has 2 aromatic rings. The van der Waals surface area contributed by atoms with Gasteiger partial charge in [-0.25, -0.2) is 0 Å². The lowest BCUT2D eigenvalue weighted by atomic mass is 10.1. The molecule has 0 amide bonds. The smallest absolute Gasteiger partial charge is 0.122 e. The standard InChI is InChI=1S/C16H20ClNOS/c1-3-12-9-13(5-8-16(12)17)19-11-15-7-6-14(20-15)10-18-4-2/h5-9,18H,3-4,10-11H2,1-2H3. The third-order valence-electron chi connectivity index (χ3n) is 3.05. The van der Waals surface area contributed by atoms with Crippen molar-refractivity contribution in [2.45, 2.75) is 33.4 Å². The number of hydrogen-bond acceptors (Lipinski definition) is 3. The van der Waals surface area contributed by atoms with Crippen LogP contribution < -0.4 is 10.1 Å². The Morgan fingerprint density at radius 3 is 2.70 bits per heavy atom. The highest BCUT2D eigenvalue weighted by molar-refractivity contribution is 7.11. The van der Waals surface area contributed by atoms with E-state index in [4.69, 9.17) is 16.3 Å². The van der Waals surface area contributed by atoms with Crippen molar-refractivity contribution >= 4 is 22.9 Å². The summed E-state index contributed by atoms with van der Waals surface area (Å²) in [5, 5.41) is 4.14. The van der Waals surface area contributed by atoms with Gasteiger partial charge in [0.2, 0.25) is 0 Å². The fraction of sp³-hybridized carbons (Fsp3) is 0.375. The van der Waals surface area contributed by atoms with Crippen LogP contribution in [0.2, 0.25) is 5.02 Å². The summed E-state index contributed by atoms with van der Waals surface area (Å²) in [6.45, 7) is 6.75. The summed E-state index contributed by atoms with van der Waals surface area (Å²) in [5.74, 6) is 0.882. The minimum atomic E-state index is 0.613. The fourth-order valence-electron chi connectivity index (χ4n) is 1.91. The highest BCUT2D eigenvalue weighted by atomic mass is 35.5. The van der Waals surface area contributed by atoms with Gasteiger partial charge in [0.1, 0.15) is 12.4 Å². The molecule has 0 aliphatic heterocycles. The van der Waals surface area contributed by atoms with E-state index in [2.05, 4.69) is 31.3 Å². The zero-order valence-corrected chi connectivity index (χ0v) is 13.5. The maximum atomic E-state index is 6.10. The summed E-state index contributed by atoms with van der Waals surface area (Å²) in [7, 11) is 0. The van der Waals surface area contributed by atoms with Gasteiger partial charge in [-0.05, 0) is 48.9 Å². The monoisotopic (exact) mass is 309 g/mol. The summed E-state index contributed by atoms with van der Waals surface area (Å²) in [4.78, 5) is 2.58. The first-order chi connectivity index (χ1) is 9.72. The summed E-state index contributed by atoms with van der Waals surface area (Å²) >= 11 is 7.90. The minimum Gasteiger partial charge on any atom is -0.488 e. The number of aryl methyl sites for hydroxylation is 1. The molecule has 0 saturated carbocycles. The second-order valence-electron chi connectivity index (χ2n) is 4.54. The normalized spacial score (nSPS) is 10.8. The largest absolute Gasteiger partial charge is 0.488 e. The van der Waals surface area contributed by atoms with Crippen molar-refractivity contribution in [3.8, 4) is 5.75 Å². The summed E-state index contributed by atoms with van der Waals surface area (Å²) in [6, 6.07) is 10.1. The number of nitrogens with one attached hydrogen (secondary N) is 1. The van der Waals surface area contributed by atoms with Crippen LogP contribution in [-0.4, -0.2) is 6.54 Å². The van der Waals surface area contributed by atoms with Gasteiger partial charge < -0.3 is 10.1 Å². The molecule has 1 aromatic heterocycles. The van der Waals surface area contributed by atoms with Crippen molar-refractivity contribution in [1.82, 2.24) is 5.32 Å². The zero-order chi connectivity index (χ0) is 14.4. The number of thiophene rings is 1. The van der Waals surface area contributed by atoms with Gasteiger partial charge in [0.05, 0.1) is 0 Å². The Labute approximate surface area is 129 Å². The molecule has 2 rings (SSSR count). The second-order valence-corrected chi connectivity index (χ2v) is 6.20. The maximum absolute atomic E-state index is 6.10. The van der Waals surface area contributed by atoms with Crippen LogP contribution in [0.15, 0.2) is 30.3 Å². The third kappa shape index (κ3) is 4.23. The van der Waals surface area contributed by atoms with Gasteiger partial charge in [-0.1, -0.05) is 25.4 Å². The lowest BCUT2D eigenvalue weighted by Gasteiger charge is -2.07. The second kappa shape index (κ2) is 7.67. The van der Waals surface area contributed by atoms with Crippen LogP contribution in [0.1, 0.15) is 29.2 Å². The summed E-state index contributed by atoms with van der Waals surface area (Å²) in [5.41, 5.74) is 1.13. The quantitative estimate of drug-likeness (QED) is 0.803. The van der Waals surface area contributed by atoms with Crippen LogP contribution in [0.5, 0.6) is 5.75 Å². The van der Waals surface area contributed by atoms with Crippen molar-refractivity contribution in [3.05, 3.63) is 50.7 Å². The number of benzene rings is 1. The Kier molecular flexibility index (Phi) is 5.89. The van der Waals surface area contributed by atoms with Crippen LogP contribution in [0.3, 0.4) is 0 Å². The first kappa shape index (κ1) is 15.4. The molecule has 0 unspecified atom stereocenters. The Bertz CT molecular complexity index is 553. The van der Waals surface area contributed by atoms with E-state index in [-0.39, 0.29) is 0 Å². The lowest BCUT2D eigenvalue weighted by Crippen LogP contribution is -2.10. The van der Waals surface area contributed by atoms with Gasteiger partial charge in [-0.15, -0.1) is 11.3 Å². The highest BCUT2D eigenvalue weighted by Crippen LogP contribution is 2.24. The molecule has 20 heavy (non-hydrogen) atoms. The Morgan fingerprint density at radius 1 is 1.15 bits per heavy atom. The van der Waals surface area contributed by atoms with Crippen LogP contribution >= 0.6 is 22.9 Å². The Morgan fingerprint density at radius 2 is 1.95 bits per heavy atom. The topological polar surface area (TPSA) is 21.3 Å². The molecule has 1 N–H and O–H groups in total. The van der Waals surface area contributed by atoms with Crippen molar-refractivity contribution in [2.75, 3.05) is 6.54 Å². The van der Waals surface area contributed by atoms with Crippen LogP contribution in [0.4, 0.5) is 0 Å². The predicted octanol–water partition coefficient (Wildman–Crippen LogP) is 4.65. The molecule has 108 valence electrons. The van der Waals surface area contributed by atoms with E-state index in [1.807, 2.05) is 18.2 Å². The van der Waals surface area contributed by atoms with Crippen molar-refractivity contribution < 1.29 is 4.74 Å². The SMILES string of the molecule is CCNCc1ccc(COc2ccc(Cl)c(CC)c2)s1. The van der Waals surface area contributed by atoms with Gasteiger partial charge in [0.25, 0.3) is 0 Å². The lowest BCUT2D eigenvalue weighted by molar-refractivity contribution is 0.309. The first-order valence-corrected chi connectivity index (χ1v) is 8.12. The average molecular weight is 310 g/mol. The number of halogens is 1. The molecule has 0 saturated heterocycles. The van der Waals surface area contributed by atoms with Gasteiger partial charge in [-0.2, -0.15) is 0 Å². The van der Waals surface area contributed by atoms with Crippen molar-refractivity contribution in [2.24, 2.45) is 0 Å². The van der Waals surface area contributed by atoms with Crippen LogP contribution in [-0.2, 0) is 19.6 Å². The van der Waals surface area contributed by atoms with E-state index in [0.29, 0.717) is 6.61 Å². The van der Waals surface area contributed by atoms with E-state index >= 15 is 0 Å². The van der Waals surface area contributed by atoms with Crippen LogP contribution in [0, 0.1) is 0 Å². The summed E-state index contributed by atoms with van der Waals surface area (Å²) < 4.78 is 5.84. The Hall–Kier alpha value is -1.03. The molecule has 0 atom stereocenters. The number of ether oxygens (including phenoxy) is 1. The number of rotatable bonds is 7. The Balaban J connectivity index is 1.93. The molecule has 0 radical (unpaired) electrons. The molecular weight excluding hydrogens is 290 g/mol. The fourth-order valence-corrected chi connectivity index (χ4v) is 3.06. The maximum Gasteiger partial charge on any atom is 0.122 e. The minimum absolute atomic E-state index is 0.613. The molecule has 0 aliphatic rings. The van der Waals surface area contributed by atoms with Gasteiger partial charge in [0, 0.05) is 21.3 Å². The van der Waals surface area contributed by atoms with E-state index in [1.54, 1.807) is 11.3 Å². The molecule has 2 nitrogen and oxygen atoms in total. The number of hydrogen-bond donors (Lipinski definition) is 1. The van der Waals surface area contributed by atoms with Crippen molar-refractivity contribution in [3.63, 3.8) is 0 Å². The predicted molar refractivity (Wildman–Crippen MR) is 86.9 cm³/mol. The molecular formula is C16H20ClNOS. The van der Waals surface area contributed by atoms with Gasteiger partial charge >= 0.3 is 0 Å². The van der Waals surface area contributed by atoms with Gasteiger partial charge in [-0.3, -0.25) is 0 Å². The van der Waals surface area contributed by atoms with E-state index in [9.17, 15) is 0 Å². The van der Waals surface area contributed by atoms with E-state index < -0.39 is 0 Å². The average Bonchev–Trinajstić information content (AvgIpc) is 2.92. The molecule has 1 aromatic carbocycles.